The first-order valence-electron chi connectivity index (χ1n) is 6.15. The van der Waals surface area contributed by atoms with Crippen LogP contribution in [0.3, 0.4) is 0 Å². The Hall–Kier alpha value is -0.0800. The summed E-state index contributed by atoms with van der Waals surface area (Å²) in [6.45, 7) is 0. The summed E-state index contributed by atoms with van der Waals surface area (Å²) >= 11 is 0. The largest absolute Gasteiger partial charge is 0.393 e. The lowest BCUT2D eigenvalue weighted by atomic mass is 9.21. The van der Waals surface area contributed by atoms with Gasteiger partial charge in [0.2, 0.25) is 0 Å². The second-order valence-electron chi connectivity index (χ2n) is 6.40. The molecule has 8 rings (SSSR count). The van der Waals surface area contributed by atoms with Gasteiger partial charge in [-0.3, -0.25) is 0 Å². The van der Waals surface area contributed by atoms with Crippen LogP contribution in [0, 0.1) is 47.3 Å². The zero-order valence-corrected chi connectivity index (χ0v) is 8.08. The molecule has 8 aliphatic rings. The molecule has 0 amide bonds. The minimum atomic E-state index is -0.0683. The highest BCUT2D eigenvalue weighted by Gasteiger charge is 2.81. The SMILES string of the molecule is O[C@@H]1C[C@H]2[C@@H]3[C@@H]4[C@H]5C[C@@H](O)[C@@H]([C@@H]24)[C@@H]1[C@H]53. The molecule has 0 spiro atoms. The number of rotatable bonds is 0. The van der Waals surface area contributed by atoms with Crippen molar-refractivity contribution in [3.8, 4) is 0 Å². The fraction of sp³-hybridized carbons (Fsp3) is 1.00. The molecule has 0 aromatic rings. The molecular formula is C12H16O2. The number of aliphatic hydroxyl groups is 2. The maximum absolute atomic E-state index is 10.1. The monoisotopic (exact) mass is 192 g/mol. The van der Waals surface area contributed by atoms with Crippen LogP contribution in [0.1, 0.15) is 12.8 Å². The molecule has 10 atom stereocenters. The van der Waals surface area contributed by atoms with Gasteiger partial charge in [-0.25, -0.2) is 0 Å². The van der Waals surface area contributed by atoms with E-state index in [4.69, 9.17) is 0 Å². The molecule has 0 aromatic heterocycles. The fourth-order valence-electron chi connectivity index (χ4n) is 6.57. The van der Waals surface area contributed by atoms with Gasteiger partial charge in [0.1, 0.15) is 0 Å². The highest BCUT2D eigenvalue weighted by Crippen LogP contribution is 2.82. The average molecular weight is 192 g/mol. The van der Waals surface area contributed by atoms with Crippen LogP contribution in [0.15, 0.2) is 0 Å². The number of aliphatic hydroxyl groups excluding tert-OH is 2. The van der Waals surface area contributed by atoms with Crippen LogP contribution in [-0.4, -0.2) is 22.4 Å². The lowest BCUT2D eigenvalue weighted by molar-refractivity contribution is -0.394. The van der Waals surface area contributed by atoms with Crippen molar-refractivity contribution < 1.29 is 10.2 Å². The molecule has 0 unspecified atom stereocenters. The van der Waals surface area contributed by atoms with Crippen LogP contribution in [0.5, 0.6) is 0 Å². The van der Waals surface area contributed by atoms with Crippen LogP contribution in [0.25, 0.3) is 0 Å². The highest BCUT2D eigenvalue weighted by molar-refractivity contribution is 5.28. The van der Waals surface area contributed by atoms with Gasteiger partial charge in [-0.2, -0.15) is 0 Å². The molecule has 8 saturated carbocycles. The van der Waals surface area contributed by atoms with E-state index in [-0.39, 0.29) is 12.2 Å². The minimum absolute atomic E-state index is 0.0683. The van der Waals surface area contributed by atoms with E-state index in [1.54, 1.807) is 0 Å². The zero-order chi connectivity index (χ0) is 9.19. The van der Waals surface area contributed by atoms with Crippen LogP contribution in [0.4, 0.5) is 0 Å². The highest BCUT2D eigenvalue weighted by atomic mass is 16.3. The molecular weight excluding hydrogens is 176 g/mol. The third kappa shape index (κ3) is 0.455. The predicted octanol–water partition coefficient (Wildman–Crippen LogP) is 0.486. The van der Waals surface area contributed by atoms with Crippen molar-refractivity contribution in [3.63, 3.8) is 0 Å². The molecule has 0 aromatic carbocycles. The number of hydrogen-bond donors (Lipinski definition) is 2. The van der Waals surface area contributed by atoms with Crippen molar-refractivity contribution in [2.75, 3.05) is 0 Å². The van der Waals surface area contributed by atoms with Gasteiger partial charge < -0.3 is 10.2 Å². The summed E-state index contributed by atoms with van der Waals surface area (Å²) in [5, 5.41) is 20.1. The molecule has 8 aliphatic carbocycles. The van der Waals surface area contributed by atoms with E-state index in [1.807, 2.05) is 0 Å². The summed E-state index contributed by atoms with van der Waals surface area (Å²) in [7, 11) is 0. The van der Waals surface area contributed by atoms with Crippen molar-refractivity contribution in [1.29, 1.82) is 0 Å². The topological polar surface area (TPSA) is 40.5 Å². The molecule has 8 fully saturated rings. The Morgan fingerprint density at radius 2 is 0.929 bits per heavy atom. The van der Waals surface area contributed by atoms with E-state index in [1.165, 1.54) is 0 Å². The quantitative estimate of drug-likeness (QED) is 0.586. The maximum Gasteiger partial charge on any atom is 0.0577 e. The summed E-state index contributed by atoms with van der Waals surface area (Å²) in [6.07, 6.45) is 1.98. The van der Waals surface area contributed by atoms with Crippen molar-refractivity contribution in [2.24, 2.45) is 47.3 Å². The van der Waals surface area contributed by atoms with Crippen molar-refractivity contribution in [3.05, 3.63) is 0 Å². The molecule has 0 heterocycles. The predicted molar refractivity (Wildman–Crippen MR) is 49.2 cm³/mol. The van der Waals surface area contributed by atoms with Crippen molar-refractivity contribution >= 4 is 0 Å². The van der Waals surface area contributed by atoms with Crippen LogP contribution in [0.2, 0.25) is 0 Å². The van der Waals surface area contributed by atoms with Crippen molar-refractivity contribution in [1.82, 2.24) is 0 Å². The lowest BCUT2D eigenvalue weighted by Gasteiger charge is -2.84. The summed E-state index contributed by atoms with van der Waals surface area (Å²) in [4.78, 5) is 0. The summed E-state index contributed by atoms with van der Waals surface area (Å²) in [6, 6.07) is 0. The van der Waals surface area contributed by atoms with Crippen molar-refractivity contribution in [2.45, 2.75) is 25.0 Å². The Morgan fingerprint density at radius 3 is 1.36 bits per heavy atom. The molecule has 2 heteroatoms. The first kappa shape index (κ1) is 7.24. The third-order valence-corrected chi connectivity index (χ3v) is 6.56. The molecule has 8 bridgehead atoms. The molecule has 0 aliphatic heterocycles. The van der Waals surface area contributed by atoms with Crippen LogP contribution < -0.4 is 0 Å². The Kier molecular flexibility index (Phi) is 0.931. The summed E-state index contributed by atoms with van der Waals surface area (Å²) < 4.78 is 0. The van der Waals surface area contributed by atoms with E-state index in [9.17, 15) is 10.2 Å². The van der Waals surface area contributed by atoms with E-state index in [0.717, 1.165) is 48.3 Å². The Morgan fingerprint density at radius 1 is 0.571 bits per heavy atom. The van der Waals surface area contributed by atoms with Gasteiger partial charge >= 0.3 is 0 Å². The Bertz CT molecular complexity index is 296. The standard InChI is InChI=1S/C12H16O2/c13-5-1-3-7-8-4-2-6(14)12(9(3)8)11(5)10(4)7/h3-14H,1-2H2/t3-,4+,5-,6-,7+,8-,9-,10+,11+,12+/m1/s1. The number of fused-ring (bicyclic) bond motifs is 2. The molecule has 2 nitrogen and oxygen atoms in total. The second-order valence-corrected chi connectivity index (χ2v) is 6.40. The fourth-order valence-corrected chi connectivity index (χ4v) is 6.57. The average Bonchev–Trinajstić information content (AvgIpc) is 2.16. The summed E-state index contributed by atoms with van der Waals surface area (Å²) in [5.41, 5.74) is 0. The molecule has 2 N–H and O–H groups in total. The first-order valence-corrected chi connectivity index (χ1v) is 6.15. The molecule has 76 valence electrons. The molecule has 0 radical (unpaired) electrons. The zero-order valence-electron chi connectivity index (χ0n) is 8.08. The second kappa shape index (κ2) is 1.80. The molecule has 14 heavy (non-hydrogen) atoms. The first-order chi connectivity index (χ1) is 6.79. The number of hydrogen-bond acceptors (Lipinski definition) is 2. The Labute approximate surface area is 83.3 Å². The molecule has 0 saturated heterocycles. The van der Waals surface area contributed by atoms with Gasteiger partial charge in [-0.15, -0.1) is 0 Å². The van der Waals surface area contributed by atoms with E-state index < -0.39 is 0 Å². The third-order valence-electron chi connectivity index (χ3n) is 6.56. The van der Waals surface area contributed by atoms with Gasteiger partial charge in [-0.1, -0.05) is 0 Å². The van der Waals surface area contributed by atoms with Crippen LogP contribution >= 0.6 is 0 Å². The van der Waals surface area contributed by atoms with E-state index in [0.29, 0.717) is 11.8 Å². The van der Waals surface area contributed by atoms with E-state index >= 15 is 0 Å². The van der Waals surface area contributed by atoms with Gasteiger partial charge in [-0.05, 0) is 60.2 Å². The van der Waals surface area contributed by atoms with Gasteiger partial charge in [0.15, 0.2) is 0 Å². The Balaban J connectivity index is 1.70. The van der Waals surface area contributed by atoms with Gasteiger partial charge in [0.25, 0.3) is 0 Å². The van der Waals surface area contributed by atoms with Gasteiger partial charge in [0, 0.05) is 0 Å². The maximum atomic E-state index is 10.1. The minimum Gasteiger partial charge on any atom is -0.393 e. The smallest absolute Gasteiger partial charge is 0.0577 e. The van der Waals surface area contributed by atoms with Crippen LogP contribution in [-0.2, 0) is 0 Å². The normalized spacial score (nSPS) is 81.0. The lowest BCUT2D eigenvalue weighted by Crippen LogP contribution is -2.83. The van der Waals surface area contributed by atoms with Gasteiger partial charge in [0.05, 0.1) is 12.2 Å². The summed E-state index contributed by atoms with van der Waals surface area (Å²) in [5.74, 6) is 6.23. The van der Waals surface area contributed by atoms with E-state index in [2.05, 4.69) is 0 Å².